The molecule has 49 heavy (non-hydrogen) atoms. The molecule has 7 nitrogen and oxygen atoms in total. The Balaban J connectivity index is 2.30. The van der Waals surface area contributed by atoms with Gasteiger partial charge in [0.25, 0.3) is 0 Å². The van der Waals surface area contributed by atoms with Crippen molar-refractivity contribution in [2.75, 3.05) is 33.9 Å². The van der Waals surface area contributed by atoms with E-state index in [-0.39, 0.29) is 24.0 Å². The minimum atomic E-state index is -0.188. The van der Waals surface area contributed by atoms with E-state index >= 15 is 0 Å². The molecule has 0 atom stereocenters. The summed E-state index contributed by atoms with van der Waals surface area (Å²) >= 11 is 0. The standard InChI is InChI=1S/C42H75NO6/c1-5-7-9-11-13-15-17-19-25-31-47-40(44)29-23-21-27-39(49-42(46)35-37-33-38(34-37)36-43(3)4)28-22-24-30-41(45)48-32-26-20-18-16-14-12-10-8-6-2/h19-20,25-26,37-39H,5-18,21-24,27-36H2,1-4H3/b25-19-,26-20-. The summed E-state index contributed by atoms with van der Waals surface area (Å²) in [5, 5.41) is 0. The van der Waals surface area contributed by atoms with Crippen LogP contribution in [0.4, 0.5) is 0 Å². The van der Waals surface area contributed by atoms with Crippen molar-refractivity contribution in [3.63, 3.8) is 0 Å². The summed E-state index contributed by atoms with van der Waals surface area (Å²) in [6.45, 7) is 6.22. The molecule has 1 saturated carbocycles. The molecule has 284 valence electrons. The molecule has 0 aromatic heterocycles. The predicted octanol–water partition coefficient (Wildman–Crippen LogP) is 10.7. The second-order valence-electron chi connectivity index (χ2n) is 14.7. The molecule has 0 aromatic rings. The Hall–Kier alpha value is -2.15. The van der Waals surface area contributed by atoms with Gasteiger partial charge in [0.15, 0.2) is 0 Å². The maximum Gasteiger partial charge on any atom is 0.306 e. The zero-order valence-electron chi connectivity index (χ0n) is 32.2. The van der Waals surface area contributed by atoms with Gasteiger partial charge in [-0.25, -0.2) is 0 Å². The highest BCUT2D eigenvalue weighted by Crippen LogP contribution is 2.36. The Labute approximate surface area is 301 Å². The van der Waals surface area contributed by atoms with Gasteiger partial charge in [0.1, 0.15) is 19.3 Å². The number of esters is 3. The van der Waals surface area contributed by atoms with Crippen LogP contribution in [-0.4, -0.2) is 62.8 Å². The van der Waals surface area contributed by atoms with Crippen LogP contribution in [-0.2, 0) is 28.6 Å². The van der Waals surface area contributed by atoms with Crippen LogP contribution in [0.15, 0.2) is 24.3 Å². The van der Waals surface area contributed by atoms with Gasteiger partial charge in [-0.15, -0.1) is 0 Å². The van der Waals surface area contributed by atoms with Gasteiger partial charge >= 0.3 is 17.9 Å². The third-order valence-corrected chi connectivity index (χ3v) is 9.49. The first-order valence-corrected chi connectivity index (χ1v) is 20.3. The third kappa shape index (κ3) is 28.3. The molecular formula is C42H75NO6. The summed E-state index contributed by atoms with van der Waals surface area (Å²) in [5.74, 6) is 0.631. The number of nitrogens with zero attached hydrogens (tertiary/aromatic N) is 1. The van der Waals surface area contributed by atoms with Crippen molar-refractivity contribution in [2.24, 2.45) is 11.8 Å². The topological polar surface area (TPSA) is 82.1 Å². The van der Waals surface area contributed by atoms with Gasteiger partial charge in [-0.3, -0.25) is 14.4 Å². The van der Waals surface area contributed by atoms with Crippen LogP contribution in [0.1, 0.15) is 174 Å². The molecule has 7 heteroatoms. The number of unbranched alkanes of at least 4 members (excludes halogenated alkanes) is 14. The van der Waals surface area contributed by atoms with E-state index in [2.05, 4.69) is 45.0 Å². The number of hydrogen-bond acceptors (Lipinski definition) is 7. The summed E-state index contributed by atoms with van der Waals surface area (Å²) < 4.78 is 16.7. The molecule has 0 aliphatic heterocycles. The molecule has 0 aromatic carbocycles. The van der Waals surface area contributed by atoms with Gasteiger partial charge in [-0.2, -0.15) is 0 Å². The van der Waals surface area contributed by atoms with Crippen LogP contribution in [0, 0.1) is 11.8 Å². The van der Waals surface area contributed by atoms with E-state index in [1.807, 2.05) is 12.2 Å². The van der Waals surface area contributed by atoms with E-state index in [0.717, 1.165) is 57.9 Å². The summed E-state index contributed by atoms with van der Waals surface area (Å²) in [5.41, 5.74) is 0. The van der Waals surface area contributed by atoms with Crippen molar-refractivity contribution in [3.8, 4) is 0 Å². The number of carbonyl (C=O) groups is 3. The van der Waals surface area contributed by atoms with Gasteiger partial charge in [0.2, 0.25) is 0 Å². The molecule has 1 aliphatic rings. The number of hydrogen-bond donors (Lipinski definition) is 0. The van der Waals surface area contributed by atoms with Crippen molar-refractivity contribution in [1.82, 2.24) is 4.90 Å². The quantitative estimate of drug-likeness (QED) is 0.0293. The van der Waals surface area contributed by atoms with Gasteiger partial charge < -0.3 is 19.1 Å². The fourth-order valence-corrected chi connectivity index (χ4v) is 6.60. The first-order chi connectivity index (χ1) is 23.8. The van der Waals surface area contributed by atoms with E-state index in [1.54, 1.807) is 0 Å². The molecule has 1 aliphatic carbocycles. The molecule has 0 saturated heterocycles. The van der Waals surface area contributed by atoms with Crippen LogP contribution >= 0.6 is 0 Å². The van der Waals surface area contributed by atoms with Crippen molar-refractivity contribution in [2.45, 2.75) is 180 Å². The molecule has 0 N–H and O–H groups in total. The lowest BCUT2D eigenvalue weighted by Gasteiger charge is -2.36. The number of allylic oxidation sites excluding steroid dienone is 2. The molecule has 0 bridgehead atoms. The minimum Gasteiger partial charge on any atom is -0.462 e. The molecule has 0 amide bonds. The Morgan fingerprint density at radius 2 is 1.06 bits per heavy atom. The average Bonchev–Trinajstić information content (AvgIpc) is 3.05. The second kappa shape index (κ2) is 31.8. The highest BCUT2D eigenvalue weighted by atomic mass is 16.5. The average molecular weight is 690 g/mol. The Bertz CT molecular complexity index is 828. The largest absolute Gasteiger partial charge is 0.462 e. The van der Waals surface area contributed by atoms with E-state index in [0.29, 0.717) is 57.2 Å². The number of rotatable bonds is 33. The molecule has 1 rings (SSSR count). The van der Waals surface area contributed by atoms with Crippen LogP contribution in [0.3, 0.4) is 0 Å². The lowest BCUT2D eigenvalue weighted by molar-refractivity contribution is -0.152. The Morgan fingerprint density at radius 1 is 0.592 bits per heavy atom. The summed E-state index contributed by atoms with van der Waals surface area (Å²) in [7, 11) is 4.19. The fourth-order valence-electron chi connectivity index (χ4n) is 6.60. The minimum absolute atomic E-state index is 0.113. The zero-order valence-corrected chi connectivity index (χ0v) is 32.2. The van der Waals surface area contributed by atoms with E-state index in [1.165, 1.54) is 77.0 Å². The smallest absolute Gasteiger partial charge is 0.306 e. The fraction of sp³-hybridized carbons (Fsp3) is 0.833. The van der Waals surface area contributed by atoms with Gasteiger partial charge in [-0.1, -0.05) is 102 Å². The summed E-state index contributed by atoms with van der Waals surface area (Å²) in [6, 6.07) is 0. The monoisotopic (exact) mass is 690 g/mol. The second-order valence-corrected chi connectivity index (χ2v) is 14.7. The van der Waals surface area contributed by atoms with E-state index in [9.17, 15) is 14.4 Å². The molecule has 0 unspecified atom stereocenters. The van der Waals surface area contributed by atoms with E-state index in [4.69, 9.17) is 14.2 Å². The first-order valence-electron chi connectivity index (χ1n) is 20.3. The maximum atomic E-state index is 12.8. The third-order valence-electron chi connectivity index (χ3n) is 9.49. The molecular weight excluding hydrogens is 614 g/mol. The predicted molar refractivity (Wildman–Crippen MR) is 202 cm³/mol. The highest BCUT2D eigenvalue weighted by Gasteiger charge is 2.31. The summed E-state index contributed by atoms with van der Waals surface area (Å²) in [6.07, 6.45) is 33.3. The molecule has 0 spiro atoms. The van der Waals surface area contributed by atoms with Crippen molar-refractivity contribution in [3.05, 3.63) is 24.3 Å². The van der Waals surface area contributed by atoms with Crippen LogP contribution in [0.5, 0.6) is 0 Å². The Kier molecular flexibility index (Phi) is 29.1. The van der Waals surface area contributed by atoms with Crippen molar-refractivity contribution < 1.29 is 28.6 Å². The van der Waals surface area contributed by atoms with Crippen LogP contribution in [0.25, 0.3) is 0 Å². The summed E-state index contributed by atoms with van der Waals surface area (Å²) in [4.78, 5) is 39.5. The Morgan fingerprint density at radius 3 is 1.53 bits per heavy atom. The molecule has 0 radical (unpaired) electrons. The highest BCUT2D eigenvalue weighted by molar-refractivity contribution is 5.70. The maximum absolute atomic E-state index is 12.8. The van der Waals surface area contributed by atoms with Crippen molar-refractivity contribution in [1.29, 1.82) is 0 Å². The zero-order chi connectivity index (χ0) is 35.8. The van der Waals surface area contributed by atoms with Crippen molar-refractivity contribution >= 4 is 17.9 Å². The van der Waals surface area contributed by atoms with Crippen LogP contribution in [0.2, 0.25) is 0 Å². The van der Waals surface area contributed by atoms with Gasteiger partial charge in [0.05, 0.1) is 0 Å². The van der Waals surface area contributed by atoms with Gasteiger partial charge in [-0.05, 0) is 103 Å². The number of ether oxygens (including phenoxy) is 3. The molecule has 1 fully saturated rings. The van der Waals surface area contributed by atoms with Gasteiger partial charge in [0, 0.05) is 25.8 Å². The first kappa shape index (κ1) is 44.9. The van der Waals surface area contributed by atoms with Crippen LogP contribution < -0.4 is 0 Å². The number of carbonyl (C=O) groups excluding carboxylic acids is 3. The SMILES string of the molecule is CCCCCCCC/C=C\COC(=O)CCCCC(CCCCC(=O)OC/C=C\CCCCCCCC)OC(=O)CC1CC(CN(C)C)C1. The van der Waals surface area contributed by atoms with E-state index < -0.39 is 0 Å². The normalized spacial score (nSPS) is 16.1. The lowest BCUT2D eigenvalue weighted by atomic mass is 9.73. The molecule has 0 heterocycles. The lowest BCUT2D eigenvalue weighted by Crippen LogP contribution is -2.34.